The molecule has 4 heteroatoms. The Morgan fingerprint density at radius 1 is 1.00 bits per heavy atom. The Kier molecular flexibility index (Phi) is 6.91. The third-order valence-corrected chi connectivity index (χ3v) is 6.75. The van der Waals surface area contributed by atoms with E-state index in [4.69, 9.17) is 0 Å². The molecule has 1 atom stereocenters. The molecule has 0 spiro atoms. The van der Waals surface area contributed by atoms with Crippen molar-refractivity contribution in [1.29, 1.82) is 0 Å². The summed E-state index contributed by atoms with van der Waals surface area (Å²) in [5.74, 6) is -2.78. The maximum absolute atomic E-state index is 14.9. The van der Waals surface area contributed by atoms with Crippen molar-refractivity contribution in [1.82, 2.24) is 9.80 Å². The first kappa shape index (κ1) is 20.7. The van der Waals surface area contributed by atoms with Gasteiger partial charge in [0.05, 0.1) is 6.54 Å². The summed E-state index contributed by atoms with van der Waals surface area (Å²) in [5, 5.41) is 0. The van der Waals surface area contributed by atoms with Crippen LogP contribution in [0.1, 0.15) is 51.2 Å². The number of aryl methyl sites for hydroxylation is 1. The summed E-state index contributed by atoms with van der Waals surface area (Å²) in [4.78, 5) is 4.40. The Morgan fingerprint density at radius 3 is 2.19 bits per heavy atom. The van der Waals surface area contributed by atoms with Crippen LogP contribution in [-0.4, -0.2) is 54.5 Å². The average molecular weight is 379 g/mol. The van der Waals surface area contributed by atoms with Gasteiger partial charge < -0.3 is 4.90 Å². The second-order valence-corrected chi connectivity index (χ2v) is 8.82. The third kappa shape index (κ3) is 5.29. The Bertz CT molecular complexity index is 577. The van der Waals surface area contributed by atoms with E-state index < -0.39 is 11.8 Å². The fraction of sp³-hybridized carbons (Fsp3) is 0.739. The second-order valence-electron chi connectivity index (χ2n) is 8.82. The minimum atomic E-state index is -2.55. The summed E-state index contributed by atoms with van der Waals surface area (Å²) in [6.07, 6.45) is 4.41. The van der Waals surface area contributed by atoms with Gasteiger partial charge in [-0.3, -0.25) is 4.90 Å². The predicted octanol–water partition coefficient (Wildman–Crippen LogP) is 4.87. The molecule has 1 unspecified atom stereocenters. The van der Waals surface area contributed by atoms with E-state index in [0.717, 1.165) is 51.9 Å². The monoisotopic (exact) mass is 378 g/mol. The van der Waals surface area contributed by atoms with Crippen LogP contribution < -0.4 is 0 Å². The van der Waals surface area contributed by atoms with Gasteiger partial charge in [-0.2, -0.15) is 0 Å². The molecule has 2 aliphatic rings. The third-order valence-electron chi connectivity index (χ3n) is 6.75. The zero-order valence-electron chi connectivity index (χ0n) is 17.3. The van der Waals surface area contributed by atoms with Gasteiger partial charge in [0.2, 0.25) is 0 Å². The lowest BCUT2D eigenvalue weighted by molar-refractivity contribution is -0.135. The normalized spacial score (nSPS) is 25.2. The van der Waals surface area contributed by atoms with Crippen LogP contribution in [0.4, 0.5) is 8.78 Å². The van der Waals surface area contributed by atoms with E-state index in [1.54, 1.807) is 0 Å². The molecule has 0 amide bonds. The van der Waals surface area contributed by atoms with E-state index in [9.17, 15) is 8.78 Å². The quantitative estimate of drug-likeness (QED) is 0.697. The molecule has 0 N–H and O–H groups in total. The van der Waals surface area contributed by atoms with Crippen molar-refractivity contribution in [3.05, 3.63) is 35.4 Å². The van der Waals surface area contributed by atoms with Gasteiger partial charge in [0.1, 0.15) is 0 Å². The standard InChI is InChI=1S/C23H36F2N2/c1-4-19-5-7-20(8-6-19)9-13-26-14-12-22(23(24,25)17-26)21-10-15-27(16-11-21)18(2)3/h5-8,18,21-22H,4,9-17H2,1-3H3. The lowest BCUT2D eigenvalue weighted by atomic mass is 9.76. The zero-order valence-corrected chi connectivity index (χ0v) is 17.3. The van der Waals surface area contributed by atoms with Gasteiger partial charge in [0.15, 0.2) is 0 Å². The maximum atomic E-state index is 14.9. The minimum absolute atomic E-state index is 0.0604. The molecule has 152 valence electrons. The molecule has 27 heavy (non-hydrogen) atoms. The van der Waals surface area contributed by atoms with Crippen LogP contribution in [-0.2, 0) is 12.8 Å². The number of likely N-dealkylation sites (tertiary alicyclic amines) is 2. The highest BCUT2D eigenvalue weighted by Gasteiger charge is 2.48. The van der Waals surface area contributed by atoms with Crippen LogP contribution >= 0.6 is 0 Å². The van der Waals surface area contributed by atoms with Crippen LogP contribution in [0.5, 0.6) is 0 Å². The SMILES string of the molecule is CCc1ccc(CCN2CCC(C3CCN(C(C)C)CC3)C(F)(F)C2)cc1. The van der Waals surface area contributed by atoms with Crippen LogP contribution in [0.3, 0.4) is 0 Å². The Hall–Kier alpha value is -1.00. The van der Waals surface area contributed by atoms with Crippen molar-refractivity contribution in [2.24, 2.45) is 11.8 Å². The molecule has 2 aliphatic heterocycles. The average Bonchev–Trinajstić information content (AvgIpc) is 2.66. The number of piperidine rings is 2. The molecule has 1 aromatic rings. The van der Waals surface area contributed by atoms with Crippen molar-refractivity contribution in [3.8, 4) is 0 Å². The van der Waals surface area contributed by atoms with Gasteiger partial charge in [-0.05, 0) is 82.6 Å². The molecular weight excluding hydrogens is 342 g/mol. The zero-order chi connectivity index (χ0) is 19.4. The van der Waals surface area contributed by atoms with Gasteiger partial charge >= 0.3 is 0 Å². The number of hydrogen-bond donors (Lipinski definition) is 0. The summed E-state index contributed by atoms with van der Waals surface area (Å²) in [6.45, 7) is 9.99. The van der Waals surface area contributed by atoms with E-state index >= 15 is 0 Å². The Morgan fingerprint density at radius 2 is 1.63 bits per heavy atom. The van der Waals surface area contributed by atoms with Gasteiger partial charge in [-0.25, -0.2) is 8.78 Å². The first-order valence-corrected chi connectivity index (χ1v) is 10.8. The predicted molar refractivity (Wildman–Crippen MR) is 108 cm³/mol. The van der Waals surface area contributed by atoms with Crippen LogP contribution in [0.2, 0.25) is 0 Å². The van der Waals surface area contributed by atoms with Crippen molar-refractivity contribution >= 4 is 0 Å². The summed E-state index contributed by atoms with van der Waals surface area (Å²) >= 11 is 0. The molecule has 0 saturated carbocycles. The van der Waals surface area contributed by atoms with Gasteiger partial charge in [0, 0.05) is 18.5 Å². The van der Waals surface area contributed by atoms with E-state index in [1.165, 1.54) is 11.1 Å². The van der Waals surface area contributed by atoms with Crippen LogP contribution in [0.25, 0.3) is 0 Å². The molecule has 2 saturated heterocycles. The number of nitrogens with zero attached hydrogens (tertiary/aromatic N) is 2. The van der Waals surface area contributed by atoms with Crippen molar-refractivity contribution < 1.29 is 8.78 Å². The molecule has 1 aromatic carbocycles. The Labute approximate surface area is 163 Å². The molecule has 2 nitrogen and oxygen atoms in total. The lowest BCUT2D eigenvalue weighted by Gasteiger charge is -2.45. The van der Waals surface area contributed by atoms with Gasteiger partial charge in [-0.15, -0.1) is 0 Å². The van der Waals surface area contributed by atoms with Gasteiger partial charge in [0.25, 0.3) is 5.92 Å². The number of hydrogen-bond acceptors (Lipinski definition) is 2. The fourth-order valence-electron chi connectivity index (χ4n) is 4.87. The first-order valence-electron chi connectivity index (χ1n) is 10.8. The number of rotatable bonds is 6. The summed E-state index contributed by atoms with van der Waals surface area (Å²) in [7, 11) is 0. The molecule has 0 bridgehead atoms. The van der Waals surface area contributed by atoms with Crippen molar-refractivity contribution in [3.63, 3.8) is 0 Å². The number of halogens is 2. The minimum Gasteiger partial charge on any atom is -0.301 e. The maximum Gasteiger partial charge on any atom is 0.263 e. The largest absolute Gasteiger partial charge is 0.301 e. The smallest absolute Gasteiger partial charge is 0.263 e. The van der Waals surface area contributed by atoms with Crippen molar-refractivity contribution in [2.45, 2.75) is 64.8 Å². The van der Waals surface area contributed by atoms with E-state index in [1.807, 2.05) is 4.90 Å². The summed E-state index contributed by atoms with van der Waals surface area (Å²) in [5.41, 5.74) is 2.58. The highest BCUT2D eigenvalue weighted by atomic mass is 19.3. The fourth-order valence-corrected chi connectivity index (χ4v) is 4.87. The second kappa shape index (κ2) is 9.00. The van der Waals surface area contributed by atoms with Crippen molar-refractivity contribution in [2.75, 3.05) is 32.7 Å². The molecular formula is C23H36F2N2. The molecule has 3 rings (SSSR count). The summed E-state index contributed by atoms with van der Waals surface area (Å²) < 4.78 is 29.9. The van der Waals surface area contributed by atoms with Gasteiger partial charge in [-0.1, -0.05) is 31.2 Å². The topological polar surface area (TPSA) is 6.48 Å². The first-order chi connectivity index (χ1) is 12.9. The van der Waals surface area contributed by atoms with E-state index in [0.29, 0.717) is 12.5 Å². The summed E-state index contributed by atoms with van der Waals surface area (Å²) in [6, 6.07) is 9.12. The molecule has 0 aromatic heterocycles. The highest BCUT2D eigenvalue weighted by Crippen LogP contribution is 2.41. The lowest BCUT2D eigenvalue weighted by Crippen LogP contribution is -2.53. The van der Waals surface area contributed by atoms with E-state index in [-0.39, 0.29) is 12.5 Å². The van der Waals surface area contributed by atoms with Crippen LogP contribution in [0, 0.1) is 11.8 Å². The van der Waals surface area contributed by atoms with Crippen LogP contribution in [0.15, 0.2) is 24.3 Å². The number of benzene rings is 1. The van der Waals surface area contributed by atoms with E-state index in [2.05, 4.69) is 49.9 Å². The molecule has 0 radical (unpaired) electrons. The number of alkyl halides is 2. The molecule has 2 heterocycles. The Balaban J connectivity index is 1.49. The molecule has 0 aliphatic carbocycles. The highest BCUT2D eigenvalue weighted by molar-refractivity contribution is 5.22. The molecule has 2 fully saturated rings.